The van der Waals surface area contributed by atoms with E-state index in [1.807, 2.05) is 6.07 Å². The molecule has 1 aliphatic carbocycles. The first kappa shape index (κ1) is 12.3. The van der Waals surface area contributed by atoms with E-state index < -0.39 is 0 Å². The molecule has 0 bridgehead atoms. The zero-order chi connectivity index (χ0) is 12.7. The summed E-state index contributed by atoms with van der Waals surface area (Å²) in [6, 6.07) is 5.13. The molecule has 1 atom stereocenters. The zero-order valence-corrected chi connectivity index (χ0v) is 12.0. The minimum absolute atomic E-state index is 0.0681. The van der Waals surface area contributed by atoms with Crippen molar-refractivity contribution in [2.24, 2.45) is 5.73 Å². The van der Waals surface area contributed by atoms with Gasteiger partial charge in [0.2, 0.25) is 0 Å². The van der Waals surface area contributed by atoms with Gasteiger partial charge in [0.25, 0.3) is 0 Å². The van der Waals surface area contributed by atoms with E-state index in [9.17, 15) is 4.39 Å². The van der Waals surface area contributed by atoms with Gasteiger partial charge >= 0.3 is 0 Å². The summed E-state index contributed by atoms with van der Waals surface area (Å²) in [4.78, 5) is 5.67. The van der Waals surface area contributed by atoms with E-state index in [2.05, 4.69) is 20.9 Å². The first-order valence-corrected chi connectivity index (χ1v) is 7.46. The molecule has 0 radical (unpaired) electrons. The molecule has 0 fully saturated rings. The second-order valence-corrected chi connectivity index (χ2v) is 6.40. The summed E-state index contributed by atoms with van der Waals surface area (Å²) in [5.74, 6) is -0.246. The third-order valence-electron chi connectivity index (χ3n) is 3.15. The zero-order valence-electron chi connectivity index (χ0n) is 9.62. The van der Waals surface area contributed by atoms with Crippen LogP contribution in [0.5, 0.6) is 0 Å². The third-order valence-corrected chi connectivity index (χ3v) is 4.91. The van der Waals surface area contributed by atoms with Crippen LogP contribution >= 0.6 is 27.3 Å². The molecule has 2 N–H and O–H groups in total. The predicted molar refractivity (Wildman–Crippen MR) is 75.1 cm³/mol. The minimum atomic E-state index is -0.246. The second-order valence-electron chi connectivity index (χ2n) is 4.45. The van der Waals surface area contributed by atoms with Crippen LogP contribution in [0.4, 0.5) is 4.39 Å². The molecule has 0 spiro atoms. The van der Waals surface area contributed by atoms with E-state index in [1.54, 1.807) is 6.07 Å². The summed E-state index contributed by atoms with van der Waals surface area (Å²) >= 11 is 4.78. The molecule has 1 aliphatic rings. The number of benzene rings is 1. The lowest BCUT2D eigenvalue weighted by atomic mass is 9.99. The molecule has 2 aromatic rings. The molecule has 94 valence electrons. The van der Waals surface area contributed by atoms with Crippen molar-refractivity contribution in [1.82, 2.24) is 4.98 Å². The summed E-state index contributed by atoms with van der Waals surface area (Å²) < 4.78 is 14.6. The maximum absolute atomic E-state index is 13.9. The molecular formula is C13H12BrFN2S. The Bertz CT molecular complexity index is 597. The molecule has 1 unspecified atom stereocenters. The van der Waals surface area contributed by atoms with Gasteiger partial charge in [0, 0.05) is 21.0 Å². The van der Waals surface area contributed by atoms with Gasteiger partial charge in [-0.1, -0.05) is 15.9 Å². The van der Waals surface area contributed by atoms with Gasteiger partial charge in [-0.15, -0.1) is 11.3 Å². The summed E-state index contributed by atoms with van der Waals surface area (Å²) in [6.45, 7) is 0. The molecule has 0 saturated carbocycles. The van der Waals surface area contributed by atoms with Crippen molar-refractivity contribution < 1.29 is 4.39 Å². The summed E-state index contributed by atoms with van der Waals surface area (Å²) in [7, 11) is 0. The van der Waals surface area contributed by atoms with Crippen LogP contribution in [0.15, 0.2) is 22.7 Å². The number of aromatic nitrogens is 1. The monoisotopic (exact) mass is 326 g/mol. The number of hydrogen-bond donors (Lipinski definition) is 1. The van der Waals surface area contributed by atoms with Crippen LogP contribution in [-0.2, 0) is 6.42 Å². The van der Waals surface area contributed by atoms with E-state index >= 15 is 0 Å². The van der Waals surface area contributed by atoms with E-state index in [-0.39, 0.29) is 11.9 Å². The molecule has 18 heavy (non-hydrogen) atoms. The van der Waals surface area contributed by atoms with Crippen molar-refractivity contribution >= 4 is 27.3 Å². The summed E-state index contributed by atoms with van der Waals surface area (Å²) in [5, 5.41) is 0.738. The van der Waals surface area contributed by atoms with E-state index in [1.165, 1.54) is 17.4 Å². The van der Waals surface area contributed by atoms with Crippen molar-refractivity contribution in [1.29, 1.82) is 0 Å². The normalized spacial score (nSPS) is 18.7. The van der Waals surface area contributed by atoms with Crippen molar-refractivity contribution in [2.45, 2.75) is 25.3 Å². The maximum Gasteiger partial charge on any atom is 0.134 e. The Balaban J connectivity index is 2.07. The first-order chi connectivity index (χ1) is 8.65. The van der Waals surface area contributed by atoms with Crippen molar-refractivity contribution in [3.05, 3.63) is 39.1 Å². The Morgan fingerprint density at radius 2 is 2.28 bits per heavy atom. The van der Waals surface area contributed by atoms with Crippen LogP contribution in [0.3, 0.4) is 0 Å². The average molecular weight is 327 g/mol. The third kappa shape index (κ3) is 2.11. The number of hydrogen-bond acceptors (Lipinski definition) is 3. The largest absolute Gasteiger partial charge is 0.323 e. The minimum Gasteiger partial charge on any atom is -0.323 e. The highest BCUT2D eigenvalue weighted by molar-refractivity contribution is 9.10. The Morgan fingerprint density at radius 1 is 1.44 bits per heavy atom. The van der Waals surface area contributed by atoms with Crippen molar-refractivity contribution in [3.8, 4) is 10.6 Å². The molecule has 3 rings (SSSR count). The van der Waals surface area contributed by atoms with Crippen molar-refractivity contribution in [2.75, 3.05) is 0 Å². The second kappa shape index (κ2) is 4.72. The number of halogens is 2. The number of fused-ring (bicyclic) bond motifs is 1. The Hall–Kier alpha value is -0.780. The van der Waals surface area contributed by atoms with Gasteiger partial charge in [-0.3, -0.25) is 0 Å². The smallest absolute Gasteiger partial charge is 0.134 e. The standard InChI is InChI=1S/C13H12BrFN2S/c14-7-4-5-8(9(15)6-7)13-17-11-3-1-2-10(16)12(11)18-13/h4-6,10H,1-3,16H2. The van der Waals surface area contributed by atoms with Crippen LogP contribution in [0, 0.1) is 5.82 Å². The van der Waals surface area contributed by atoms with Gasteiger partial charge in [-0.25, -0.2) is 9.37 Å². The number of nitrogens with zero attached hydrogens (tertiary/aromatic N) is 1. The average Bonchev–Trinajstić information content (AvgIpc) is 2.74. The summed E-state index contributed by atoms with van der Waals surface area (Å²) in [6.07, 6.45) is 3.02. The van der Waals surface area contributed by atoms with Crippen LogP contribution in [-0.4, -0.2) is 4.98 Å². The highest BCUT2D eigenvalue weighted by atomic mass is 79.9. The van der Waals surface area contributed by atoms with Crippen LogP contribution in [0.2, 0.25) is 0 Å². The SMILES string of the molecule is NC1CCCc2nc(-c3ccc(Br)cc3F)sc21. The topological polar surface area (TPSA) is 38.9 Å². The number of nitrogens with two attached hydrogens (primary N) is 1. The van der Waals surface area contributed by atoms with Gasteiger partial charge in [-0.2, -0.15) is 0 Å². The quantitative estimate of drug-likeness (QED) is 0.858. The molecular weight excluding hydrogens is 315 g/mol. The van der Waals surface area contributed by atoms with E-state index in [0.717, 1.165) is 39.3 Å². The number of rotatable bonds is 1. The van der Waals surface area contributed by atoms with Crippen LogP contribution in [0.25, 0.3) is 10.6 Å². The molecule has 1 aromatic heterocycles. The molecule has 0 amide bonds. The van der Waals surface area contributed by atoms with Crippen molar-refractivity contribution in [3.63, 3.8) is 0 Å². The fraction of sp³-hybridized carbons (Fsp3) is 0.308. The lowest BCUT2D eigenvalue weighted by Gasteiger charge is -2.15. The molecule has 1 heterocycles. The van der Waals surface area contributed by atoms with E-state index in [4.69, 9.17) is 5.73 Å². The van der Waals surface area contributed by atoms with Gasteiger partial charge in [0.05, 0.1) is 5.69 Å². The fourth-order valence-corrected chi connectivity index (χ4v) is 3.74. The Kier molecular flexibility index (Phi) is 3.21. The Labute approximate surface area is 117 Å². The first-order valence-electron chi connectivity index (χ1n) is 5.86. The highest BCUT2D eigenvalue weighted by Crippen LogP contribution is 2.37. The van der Waals surface area contributed by atoms with Crippen LogP contribution in [0.1, 0.15) is 29.5 Å². The van der Waals surface area contributed by atoms with Crippen LogP contribution < -0.4 is 5.73 Å². The van der Waals surface area contributed by atoms with Gasteiger partial charge < -0.3 is 5.73 Å². The molecule has 2 nitrogen and oxygen atoms in total. The highest BCUT2D eigenvalue weighted by Gasteiger charge is 2.23. The van der Waals surface area contributed by atoms with Gasteiger partial charge in [0.15, 0.2) is 0 Å². The number of aryl methyl sites for hydroxylation is 1. The summed E-state index contributed by atoms with van der Waals surface area (Å²) in [5.41, 5.74) is 7.68. The Morgan fingerprint density at radius 3 is 3.00 bits per heavy atom. The lowest BCUT2D eigenvalue weighted by Crippen LogP contribution is -2.15. The molecule has 1 aromatic carbocycles. The number of thiazole rings is 1. The predicted octanol–water partition coefficient (Wildman–Crippen LogP) is 4.05. The lowest BCUT2D eigenvalue weighted by molar-refractivity contribution is 0.573. The fourth-order valence-electron chi connectivity index (χ4n) is 2.23. The molecule has 5 heteroatoms. The van der Waals surface area contributed by atoms with Gasteiger partial charge in [0.1, 0.15) is 10.8 Å². The molecule has 0 saturated heterocycles. The van der Waals surface area contributed by atoms with Gasteiger partial charge in [-0.05, 0) is 37.5 Å². The molecule has 0 aliphatic heterocycles. The van der Waals surface area contributed by atoms with E-state index in [0.29, 0.717) is 5.56 Å². The maximum atomic E-state index is 13.9.